The summed E-state index contributed by atoms with van der Waals surface area (Å²) in [4.78, 5) is 11.7. The third-order valence-electron chi connectivity index (χ3n) is 2.98. The Morgan fingerprint density at radius 3 is 2.80 bits per heavy atom. The molecule has 0 N–H and O–H groups in total. The molecule has 0 aromatic heterocycles. The Labute approximate surface area is 86.5 Å². The van der Waals surface area contributed by atoms with E-state index in [-0.39, 0.29) is 11.6 Å². The van der Waals surface area contributed by atoms with E-state index in [4.69, 9.17) is 0 Å². The van der Waals surface area contributed by atoms with E-state index in [9.17, 15) is 9.18 Å². The van der Waals surface area contributed by atoms with Gasteiger partial charge in [0.25, 0.3) is 0 Å². The van der Waals surface area contributed by atoms with E-state index in [2.05, 4.69) is 0 Å². The van der Waals surface area contributed by atoms with Crippen molar-refractivity contribution < 1.29 is 9.18 Å². The van der Waals surface area contributed by atoms with Gasteiger partial charge in [-0.05, 0) is 28.8 Å². The van der Waals surface area contributed by atoms with Crippen molar-refractivity contribution in [2.75, 3.05) is 0 Å². The molecule has 2 aromatic carbocycles. The summed E-state index contributed by atoms with van der Waals surface area (Å²) in [6.45, 7) is 0. The van der Waals surface area contributed by atoms with Crippen LogP contribution in [0.3, 0.4) is 0 Å². The number of fused-ring (bicyclic) bond motifs is 3. The molecule has 3 rings (SSSR count). The summed E-state index contributed by atoms with van der Waals surface area (Å²) in [6.07, 6.45) is 0.991. The third-order valence-corrected chi connectivity index (χ3v) is 2.98. The molecular weight excluding hydrogens is 191 g/mol. The molecule has 0 saturated carbocycles. The lowest BCUT2D eigenvalue weighted by Crippen LogP contribution is -1.95. The molecule has 0 aliphatic heterocycles. The molecule has 0 atom stereocenters. The van der Waals surface area contributed by atoms with E-state index < -0.39 is 0 Å². The van der Waals surface area contributed by atoms with Crippen LogP contribution in [0.15, 0.2) is 30.3 Å². The molecule has 0 unspecified atom stereocenters. The molecule has 2 aromatic rings. The standard InChI is InChI=1S/C13H9FO/c14-11-7-8-3-1-2-4-9(8)13-10(11)5-6-12(13)15/h1-4,7H,5-6H2. The first-order valence-electron chi connectivity index (χ1n) is 5.00. The molecule has 2 heteroatoms. The topological polar surface area (TPSA) is 17.1 Å². The molecule has 0 fully saturated rings. The molecule has 0 heterocycles. The minimum Gasteiger partial charge on any atom is -0.294 e. The number of halogens is 1. The molecule has 1 aliphatic rings. The zero-order valence-electron chi connectivity index (χ0n) is 8.09. The van der Waals surface area contributed by atoms with Gasteiger partial charge < -0.3 is 0 Å². The van der Waals surface area contributed by atoms with E-state index in [1.165, 1.54) is 6.07 Å². The predicted molar refractivity (Wildman–Crippen MR) is 56.6 cm³/mol. The number of Topliss-reactive ketones (excluding diaryl/α,β-unsaturated/α-hetero) is 1. The summed E-state index contributed by atoms with van der Waals surface area (Å²) < 4.78 is 13.6. The first kappa shape index (κ1) is 8.60. The van der Waals surface area contributed by atoms with Gasteiger partial charge in [0.15, 0.2) is 5.78 Å². The van der Waals surface area contributed by atoms with Crippen molar-refractivity contribution in [1.29, 1.82) is 0 Å². The summed E-state index contributed by atoms with van der Waals surface area (Å²) >= 11 is 0. The highest BCUT2D eigenvalue weighted by atomic mass is 19.1. The number of benzene rings is 2. The van der Waals surface area contributed by atoms with Crippen LogP contribution < -0.4 is 0 Å². The number of carbonyl (C=O) groups excluding carboxylic acids is 1. The Balaban J connectivity index is 2.51. The van der Waals surface area contributed by atoms with Gasteiger partial charge in [-0.3, -0.25) is 4.79 Å². The van der Waals surface area contributed by atoms with Crippen molar-refractivity contribution in [1.82, 2.24) is 0 Å². The number of ketones is 1. The van der Waals surface area contributed by atoms with Gasteiger partial charge in [0.05, 0.1) is 0 Å². The highest BCUT2D eigenvalue weighted by molar-refractivity contribution is 6.11. The zero-order valence-corrected chi connectivity index (χ0v) is 8.09. The molecule has 1 aliphatic carbocycles. The van der Waals surface area contributed by atoms with E-state index in [0.29, 0.717) is 24.0 Å². The molecular formula is C13H9FO. The number of hydrogen-bond acceptors (Lipinski definition) is 1. The fraction of sp³-hybridized carbons (Fsp3) is 0.154. The quantitative estimate of drug-likeness (QED) is 0.638. The van der Waals surface area contributed by atoms with Crippen LogP contribution in [-0.4, -0.2) is 5.78 Å². The van der Waals surface area contributed by atoms with Crippen molar-refractivity contribution >= 4 is 16.6 Å². The smallest absolute Gasteiger partial charge is 0.164 e. The minimum atomic E-state index is -0.241. The van der Waals surface area contributed by atoms with Gasteiger partial charge in [0.2, 0.25) is 0 Å². The average Bonchev–Trinajstić information content (AvgIpc) is 2.62. The maximum Gasteiger partial charge on any atom is 0.164 e. The summed E-state index contributed by atoms with van der Waals surface area (Å²) in [5.41, 5.74) is 1.20. The maximum absolute atomic E-state index is 13.6. The number of rotatable bonds is 0. The molecule has 0 bridgehead atoms. The van der Waals surface area contributed by atoms with E-state index in [1.54, 1.807) is 0 Å². The Morgan fingerprint density at radius 1 is 1.13 bits per heavy atom. The van der Waals surface area contributed by atoms with Gasteiger partial charge in [-0.25, -0.2) is 4.39 Å². The maximum atomic E-state index is 13.6. The molecule has 0 amide bonds. The van der Waals surface area contributed by atoms with Crippen LogP contribution in [0.5, 0.6) is 0 Å². The SMILES string of the molecule is O=C1CCc2c(F)cc3ccccc3c21. The van der Waals surface area contributed by atoms with Gasteiger partial charge in [-0.1, -0.05) is 24.3 Å². The van der Waals surface area contributed by atoms with Gasteiger partial charge in [0.1, 0.15) is 5.82 Å². The highest BCUT2D eigenvalue weighted by Gasteiger charge is 2.25. The third kappa shape index (κ3) is 1.11. The second kappa shape index (κ2) is 2.89. The first-order valence-corrected chi connectivity index (χ1v) is 5.00. The number of carbonyl (C=O) groups is 1. The molecule has 0 spiro atoms. The van der Waals surface area contributed by atoms with Gasteiger partial charge in [-0.15, -0.1) is 0 Å². The Bertz CT molecular complexity index is 572. The first-order chi connectivity index (χ1) is 7.27. The zero-order chi connectivity index (χ0) is 10.4. The normalized spacial score (nSPS) is 14.6. The fourth-order valence-electron chi connectivity index (χ4n) is 2.28. The number of hydrogen-bond donors (Lipinski definition) is 0. The average molecular weight is 200 g/mol. The van der Waals surface area contributed by atoms with Gasteiger partial charge in [-0.2, -0.15) is 0 Å². The van der Waals surface area contributed by atoms with Crippen LogP contribution in [0.4, 0.5) is 4.39 Å². The monoisotopic (exact) mass is 200 g/mol. The summed E-state index contributed by atoms with van der Waals surface area (Å²) in [5, 5.41) is 1.69. The summed E-state index contributed by atoms with van der Waals surface area (Å²) in [6, 6.07) is 8.98. The van der Waals surface area contributed by atoms with Crippen molar-refractivity contribution in [3.8, 4) is 0 Å². The Morgan fingerprint density at radius 2 is 1.93 bits per heavy atom. The fourth-order valence-corrected chi connectivity index (χ4v) is 2.28. The molecule has 0 saturated heterocycles. The predicted octanol–water partition coefficient (Wildman–Crippen LogP) is 3.11. The van der Waals surface area contributed by atoms with Crippen LogP contribution in [0.1, 0.15) is 22.3 Å². The van der Waals surface area contributed by atoms with Crippen LogP contribution in [0, 0.1) is 5.82 Å². The van der Waals surface area contributed by atoms with E-state index in [0.717, 1.165) is 10.8 Å². The second-order valence-corrected chi connectivity index (χ2v) is 3.86. The van der Waals surface area contributed by atoms with Crippen LogP contribution in [0.2, 0.25) is 0 Å². The summed E-state index contributed by atoms with van der Waals surface area (Å²) in [7, 11) is 0. The van der Waals surface area contributed by atoms with Crippen LogP contribution >= 0.6 is 0 Å². The van der Waals surface area contributed by atoms with E-state index >= 15 is 0 Å². The lowest BCUT2D eigenvalue weighted by atomic mass is 10.00. The van der Waals surface area contributed by atoms with Crippen molar-refractivity contribution in [2.24, 2.45) is 0 Å². The highest BCUT2D eigenvalue weighted by Crippen LogP contribution is 2.31. The van der Waals surface area contributed by atoms with Crippen molar-refractivity contribution in [3.05, 3.63) is 47.3 Å². The Kier molecular flexibility index (Phi) is 1.66. The van der Waals surface area contributed by atoms with Crippen LogP contribution in [-0.2, 0) is 6.42 Å². The molecule has 15 heavy (non-hydrogen) atoms. The summed E-state index contributed by atoms with van der Waals surface area (Å²) in [5.74, 6) is -0.171. The lowest BCUT2D eigenvalue weighted by Gasteiger charge is -2.05. The largest absolute Gasteiger partial charge is 0.294 e. The molecule has 1 nitrogen and oxygen atoms in total. The lowest BCUT2D eigenvalue weighted by molar-refractivity contribution is 0.0996. The second-order valence-electron chi connectivity index (χ2n) is 3.86. The molecule has 74 valence electrons. The van der Waals surface area contributed by atoms with E-state index in [1.807, 2.05) is 24.3 Å². The Hall–Kier alpha value is -1.70. The van der Waals surface area contributed by atoms with Crippen molar-refractivity contribution in [2.45, 2.75) is 12.8 Å². The van der Waals surface area contributed by atoms with Gasteiger partial charge in [0, 0.05) is 12.0 Å². The van der Waals surface area contributed by atoms with Gasteiger partial charge >= 0.3 is 0 Å². The minimum absolute atomic E-state index is 0.0701. The van der Waals surface area contributed by atoms with Crippen molar-refractivity contribution in [3.63, 3.8) is 0 Å². The molecule has 0 radical (unpaired) electrons. The van der Waals surface area contributed by atoms with Crippen LogP contribution in [0.25, 0.3) is 10.8 Å².